The van der Waals surface area contributed by atoms with Crippen molar-refractivity contribution in [3.63, 3.8) is 0 Å². The van der Waals surface area contributed by atoms with Gasteiger partial charge < -0.3 is 9.67 Å². The first-order valence-electron chi connectivity index (χ1n) is 7.00. The number of rotatable bonds is 6. The van der Waals surface area contributed by atoms with E-state index in [-0.39, 0.29) is 5.69 Å². The average molecular weight is 320 g/mol. The Hall–Kier alpha value is -1.93. The third-order valence-corrected chi connectivity index (χ3v) is 4.74. The van der Waals surface area contributed by atoms with E-state index >= 15 is 0 Å². The smallest absolute Gasteiger partial charge is 0.269 e. The molecule has 1 unspecified atom stereocenters. The predicted octanol–water partition coefficient (Wildman–Crippen LogP) is 2.43. The van der Waals surface area contributed by atoms with Crippen LogP contribution < -0.4 is 0 Å². The molecular formula is C14H16N4O3S. The Balaban J connectivity index is 1.65. The van der Waals surface area contributed by atoms with Gasteiger partial charge in [0.15, 0.2) is 5.16 Å². The molecule has 2 aromatic rings. The van der Waals surface area contributed by atoms with E-state index in [4.69, 9.17) is 0 Å². The lowest BCUT2D eigenvalue weighted by Gasteiger charge is -2.10. The Morgan fingerprint density at radius 2 is 2.27 bits per heavy atom. The highest BCUT2D eigenvalue weighted by molar-refractivity contribution is 7.99. The van der Waals surface area contributed by atoms with Gasteiger partial charge in [-0.05, 0) is 18.4 Å². The first-order valence-corrected chi connectivity index (χ1v) is 7.99. The Labute approximate surface area is 131 Å². The maximum Gasteiger partial charge on any atom is 0.269 e. The molecule has 0 aliphatic heterocycles. The molecule has 1 aromatic carbocycles. The van der Waals surface area contributed by atoms with Gasteiger partial charge in [-0.2, -0.15) is 0 Å². The number of benzene rings is 1. The van der Waals surface area contributed by atoms with Crippen LogP contribution in [0.4, 0.5) is 5.69 Å². The second-order valence-electron chi connectivity index (χ2n) is 5.35. The quantitative estimate of drug-likeness (QED) is 0.499. The SMILES string of the molecule is Cn1c(SCC(O)c2cccc([N+](=O)[O-])c2)nnc1C1CC1. The van der Waals surface area contributed by atoms with Crippen LogP contribution in [-0.2, 0) is 7.05 Å². The highest BCUT2D eigenvalue weighted by atomic mass is 32.2. The van der Waals surface area contributed by atoms with Crippen LogP contribution in [0, 0.1) is 10.1 Å². The van der Waals surface area contributed by atoms with Crippen molar-refractivity contribution < 1.29 is 10.0 Å². The molecule has 7 nitrogen and oxygen atoms in total. The maximum atomic E-state index is 10.8. The largest absolute Gasteiger partial charge is 0.388 e. The van der Waals surface area contributed by atoms with E-state index in [0.717, 1.165) is 23.8 Å². The van der Waals surface area contributed by atoms with E-state index < -0.39 is 11.0 Å². The molecule has 1 N–H and O–H groups in total. The second kappa shape index (κ2) is 6.05. The van der Waals surface area contributed by atoms with E-state index in [1.165, 1.54) is 23.9 Å². The first-order chi connectivity index (χ1) is 10.6. The molecule has 1 heterocycles. The minimum Gasteiger partial charge on any atom is -0.388 e. The maximum absolute atomic E-state index is 10.8. The van der Waals surface area contributed by atoms with E-state index in [1.54, 1.807) is 12.1 Å². The van der Waals surface area contributed by atoms with Gasteiger partial charge in [0, 0.05) is 30.9 Å². The van der Waals surface area contributed by atoms with Gasteiger partial charge in [0.1, 0.15) is 5.82 Å². The summed E-state index contributed by atoms with van der Waals surface area (Å²) in [5.74, 6) is 1.89. The Bertz CT molecular complexity index is 699. The number of non-ortho nitro benzene ring substituents is 1. The van der Waals surface area contributed by atoms with Crippen molar-refractivity contribution in [2.75, 3.05) is 5.75 Å². The van der Waals surface area contributed by atoms with Crippen LogP contribution in [0.2, 0.25) is 0 Å². The standard InChI is InChI=1S/C14H16N4O3S/c1-17-13(9-5-6-9)15-16-14(17)22-8-12(19)10-3-2-4-11(7-10)18(20)21/h2-4,7,9,12,19H,5-6,8H2,1H3. The van der Waals surface area contributed by atoms with Crippen LogP contribution in [0.25, 0.3) is 0 Å². The summed E-state index contributed by atoms with van der Waals surface area (Å²) in [7, 11) is 1.93. The van der Waals surface area contributed by atoms with Gasteiger partial charge in [-0.3, -0.25) is 10.1 Å². The molecule has 1 saturated carbocycles. The molecule has 1 fully saturated rings. The molecular weight excluding hydrogens is 304 g/mol. The predicted molar refractivity (Wildman–Crippen MR) is 81.8 cm³/mol. The summed E-state index contributed by atoms with van der Waals surface area (Å²) in [5, 5.41) is 30.1. The summed E-state index contributed by atoms with van der Waals surface area (Å²) in [5.41, 5.74) is 0.516. The fourth-order valence-electron chi connectivity index (χ4n) is 2.24. The van der Waals surface area contributed by atoms with E-state index in [9.17, 15) is 15.2 Å². The van der Waals surface area contributed by atoms with Gasteiger partial charge in [-0.15, -0.1) is 10.2 Å². The van der Waals surface area contributed by atoms with Crippen molar-refractivity contribution in [3.05, 3.63) is 45.8 Å². The number of hydrogen-bond donors (Lipinski definition) is 1. The van der Waals surface area contributed by atoms with Crippen molar-refractivity contribution in [2.45, 2.75) is 30.0 Å². The number of aliphatic hydroxyl groups is 1. The van der Waals surface area contributed by atoms with Crippen LogP contribution in [0.15, 0.2) is 29.4 Å². The molecule has 3 rings (SSSR count). The Morgan fingerprint density at radius 3 is 2.95 bits per heavy atom. The Kier molecular flexibility index (Phi) is 4.12. The van der Waals surface area contributed by atoms with Crippen LogP contribution in [0.1, 0.15) is 36.3 Å². The third-order valence-electron chi connectivity index (χ3n) is 3.65. The van der Waals surface area contributed by atoms with Crippen LogP contribution in [0.5, 0.6) is 0 Å². The number of thioether (sulfide) groups is 1. The molecule has 116 valence electrons. The third kappa shape index (κ3) is 3.12. The fourth-order valence-corrected chi connectivity index (χ4v) is 3.13. The number of nitro benzene ring substituents is 1. The summed E-state index contributed by atoms with van der Waals surface area (Å²) < 4.78 is 1.96. The van der Waals surface area contributed by atoms with Gasteiger partial charge in [-0.1, -0.05) is 23.9 Å². The zero-order chi connectivity index (χ0) is 15.7. The first kappa shape index (κ1) is 15.0. The van der Waals surface area contributed by atoms with Crippen molar-refractivity contribution in [1.29, 1.82) is 0 Å². The fraction of sp³-hybridized carbons (Fsp3) is 0.429. The van der Waals surface area contributed by atoms with Crippen molar-refractivity contribution in [3.8, 4) is 0 Å². The lowest BCUT2D eigenvalue weighted by atomic mass is 10.1. The minimum atomic E-state index is -0.786. The molecule has 0 bridgehead atoms. The zero-order valence-corrected chi connectivity index (χ0v) is 12.9. The van der Waals surface area contributed by atoms with Crippen LogP contribution in [-0.4, -0.2) is 30.5 Å². The van der Waals surface area contributed by atoms with Crippen LogP contribution >= 0.6 is 11.8 Å². The lowest BCUT2D eigenvalue weighted by Crippen LogP contribution is -2.03. The van der Waals surface area contributed by atoms with Gasteiger partial charge >= 0.3 is 0 Å². The van der Waals surface area contributed by atoms with E-state index in [2.05, 4.69) is 10.2 Å². The van der Waals surface area contributed by atoms with E-state index in [1.807, 2.05) is 11.6 Å². The number of nitro groups is 1. The van der Waals surface area contributed by atoms with E-state index in [0.29, 0.717) is 17.2 Å². The summed E-state index contributed by atoms with van der Waals surface area (Å²) in [4.78, 5) is 10.3. The zero-order valence-electron chi connectivity index (χ0n) is 12.0. The van der Waals surface area contributed by atoms with Gasteiger partial charge in [0.05, 0.1) is 11.0 Å². The van der Waals surface area contributed by atoms with Crippen LogP contribution in [0.3, 0.4) is 0 Å². The summed E-state index contributed by atoms with van der Waals surface area (Å²) >= 11 is 1.40. The molecule has 1 aliphatic rings. The Morgan fingerprint density at radius 1 is 1.50 bits per heavy atom. The summed E-state index contributed by atoms with van der Waals surface area (Å²) in [6.45, 7) is 0. The second-order valence-corrected chi connectivity index (χ2v) is 6.34. The van der Waals surface area contributed by atoms with Gasteiger partial charge in [0.2, 0.25) is 0 Å². The molecule has 0 spiro atoms. The van der Waals surface area contributed by atoms with Crippen molar-refractivity contribution >= 4 is 17.4 Å². The molecule has 1 aliphatic carbocycles. The molecule has 0 amide bonds. The summed E-state index contributed by atoms with van der Waals surface area (Å²) in [6, 6.07) is 6.07. The minimum absolute atomic E-state index is 0.0174. The van der Waals surface area contributed by atoms with Crippen molar-refractivity contribution in [1.82, 2.24) is 14.8 Å². The lowest BCUT2D eigenvalue weighted by molar-refractivity contribution is -0.385. The van der Waals surface area contributed by atoms with Gasteiger partial charge in [-0.25, -0.2) is 0 Å². The molecule has 1 aromatic heterocycles. The highest BCUT2D eigenvalue weighted by Crippen LogP contribution is 2.39. The molecule has 1 atom stereocenters. The average Bonchev–Trinajstić information content (AvgIpc) is 3.29. The number of nitrogens with zero attached hydrogens (tertiary/aromatic N) is 4. The molecule has 0 radical (unpaired) electrons. The summed E-state index contributed by atoms with van der Waals surface area (Å²) in [6.07, 6.45) is 1.53. The van der Waals surface area contributed by atoms with Crippen molar-refractivity contribution in [2.24, 2.45) is 7.05 Å². The molecule has 0 saturated heterocycles. The number of hydrogen-bond acceptors (Lipinski definition) is 6. The highest BCUT2D eigenvalue weighted by Gasteiger charge is 2.29. The monoisotopic (exact) mass is 320 g/mol. The number of aromatic nitrogens is 3. The molecule has 22 heavy (non-hydrogen) atoms. The topological polar surface area (TPSA) is 94.1 Å². The normalized spacial score (nSPS) is 15.7. The number of aliphatic hydroxyl groups excluding tert-OH is 1. The van der Waals surface area contributed by atoms with Gasteiger partial charge in [0.25, 0.3) is 5.69 Å². The molecule has 8 heteroatoms.